The van der Waals surface area contributed by atoms with Crippen molar-refractivity contribution < 1.29 is 19.1 Å². The lowest BCUT2D eigenvalue weighted by molar-refractivity contribution is -0.136. The fourth-order valence-electron chi connectivity index (χ4n) is 3.10. The van der Waals surface area contributed by atoms with E-state index in [1.54, 1.807) is 62.6 Å². The van der Waals surface area contributed by atoms with Crippen molar-refractivity contribution in [2.75, 3.05) is 19.1 Å². The molecule has 1 atom stereocenters. The van der Waals surface area contributed by atoms with Gasteiger partial charge in [0.15, 0.2) is 0 Å². The molecule has 1 aliphatic heterocycles. The summed E-state index contributed by atoms with van der Waals surface area (Å²) in [6.45, 7) is 1.72. The van der Waals surface area contributed by atoms with Gasteiger partial charge in [0.25, 0.3) is 0 Å². The fourth-order valence-corrected chi connectivity index (χ4v) is 3.29. The predicted molar refractivity (Wildman–Crippen MR) is 103 cm³/mol. The summed E-state index contributed by atoms with van der Waals surface area (Å²) in [5.41, 5.74) is 2.14. The molecule has 0 radical (unpaired) electrons. The predicted octanol–water partition coefficient (Wildman–Crippen LogP) is 4.07. The number of benzene rings is 2. The van der Waals surface area contributed by atoms with Gasteiger partial charge in [-0.05, 0) is 48.9 Å². The molecule has 140 valence electrons. The molecule has 7 heteroatoms. The van der Waals surface area contributed by atoms with Crippen molar-refractivity contribution in [3.8, 4) is 5.75 Å². The number of nitrogens with zero attached hydrogens (tertiary/aromatic N) is 1. The molecule has 0 aromatic heterocycles. The molecular formula is C20H19ClN2O4. The van der Waals surface area contributed by atoms with Crippen LogP contribution in [0, 0.1) is 0 Å². The molecule has 2 amide bonds. The van der Waals surface area contributed by atoms with Crippen molar-refractivity contribution in [3.05, 3.63) is 70.4 Å². The number of anilines is 1. The molecule has 0 spiro atoms. The molecule has 0 bridgehead atoms. The van der Waals surface area contributed by atoms with E-state index in [9.17, 15) is 9.59 Å². The molecule has 2 aromatic carbocycles. The Morgan fingerprint density at radius 3 is 2.44 bits per heavy atom. The maximum atomic E-state index is 12.8. The highest BCUT2D eigenvalue weighted by Crippen LogP contribution is 2.35. The Morgan fingerprint density at radius 1 is 1.15 bits per heavy atom. The van der Waals surface area contributed by atoms with Crippen LogP contribution in [0.25, 0.3) is 0 Å². The molecule has 0 aliphatic carbocycles. The number of rotatable bonds is 4. The van der Waals surface area contributed by atoms with E-state index in [-0.39, 0.29) is 6.03 Å². The zero-order chi connectivity index (χ0) is 19.6. The van der Waals surface area contributed by atoms with Gasteiger partial charge in [0.1, 0.15) is 5.75 Å². The van der Waals surface area contributed by atoms with E-state index in [4.69, 9.17) is 21.1 Å². The van der Waals surface area contributed by atoms with Crippen LogP contribution in [-0.4, -0.2) is 26.2 Å². The number of amides is 2. The quantitative estimate of drug-likeness (QED) is 0.804. The molecule has 1 unspecified atom stereocenters. The van der Waals surface area contributed by atoms with Crippen LogP contribution < -0.4 is 15.0 Å². The maximum Gasteiger partial charge on any atom is 0.337 e. The second-order valence-corrected chi connectivity index (χ2v) is 6.40. The van der Waals surface area contributed by atoms with E-state index >= 15 is 0 Å². The minimum Gasteiger partial charge on any atom is -0.497 e. The van der Waals surface area contributed by atoms with Gasteiger partial charge in [-0.25, -0.2) is 9.59 Å². The van der Waals surface area contributed by atoms with Crippen molar-refractivity contribution in [1.82, 2.24) is 5.32 Å². The topological polar surface area (TPSA) is 67.9 Å². The van der Waals surface area contributed by atoms with Crippen molar-refractivity contribution >= 4 is 29.3 Å². The first-order valence-electron chi connectivity index (χ1n) is 8.25. The first-order chi connectivity index (χ1) is 13.0. The van der Waals surface area contributed by atoms with Gasteiger partial charge < -0.3 is 14.8 Å². The maximum absolute atomic E-state index is 12.8. The normalized spacial score (nSPS) is 16.8. The highest BCUT2D eigenvalue weighted by atomic mass is 35.5. The summed E-state index contributed by atoms with van der Waals surface area (Å²) < 4.78 is 10.1. The van der Waals surface area contributed by atoms with Gasteiger partial charge in [-0.2, -0.15) is 0 Å². The summed E-state index contributed by atoms with van der Waals surface area (Å²) in [6, 6.07) is 13.0. The Kier molecular flexibility index (Phi) is 5.37. The summed E-state index contributed by atoms with van der Waals surface area (Å²) in [5.74, 6) is 0.152. The number of carbonyl (C=O) groups excluding carboxylic acids is 2. The molecule has 27 heavy (non-hydrogen) atoms. The van der Waals surface area contributed by atoms with Crippen LogP contribution in [0.1, 0.15) is 18.5 Å². The largest absolute Gasteiger partial charge is 0.497 e. The Morgan fingerprint density at radius 2 is 1.85 bits per heavy atom. The number of urea groups is 1. The zero-order valence-electron chi connectivity index (χ0n) is 15.2. The average molecular weight is 387 g/mol. The lowest BCUT2D eigenvalue weighted by Crippen LogP contribution is -2.48. The molecule has 1 N–H and O–H groups in total. The summed E-state index contributed by atoms with van der Waals surface area (Å²) >= 11 is 6.08. The van der Waals surface area contributed by atoms with E-state index in [1.165, 1.54) is 12.0 Å². The minimum atomic E-state index is -0.654. The first kappa shape index (κ1) is 18.8. The van der Waals surface area contributed by atoms with Crippen molar-refractivity contribution in [3.63, 3.8) is 0 Å². The average Bonchev–Trinajstić information content (AvgIpc) is 2.67. The van der Waals surface area contributed by atoms with Gasteiger partial charge in [-0.15, -0.1) is 0 Å². The number of ether oxygens (including phenoxy) is 2. The second kappa shape index (κ2) is 7.72. The number of hydrogen-bond donors (Lipinski definition) is 1. The van der Waals surface area contributed by atoms with E-state index in [2.05, 4.69) is 5.32 Å². The minimum absolute atomic E-state index is 0.343. The standard InChI is InChI=1S/C20H19ClN2O4/c1-12-17(19(24)27-3)18(13-5-4-6-14(21)11-13)22-20(25)23(12)15-7-9-16(26-2)10-8-15/h4-11,18H,1-3H3,(H,22,25). The SMILES string of the molecule is COC(=O)C1=C(C)N(c2ccc(OC)cc2)C(=O)NC1c1cccc(Cl)c1. The van der Waals surface area contributed by atoms with Crippen LogP contribution in [0.4, 0.5) is 10.5 Å². The Labute approximate surface area is 162 Å². The first-order valence-corrected chi connectivity index (χ1v) is 8.63. The van der Waals surface area contributed by atoms with Gasteiger partial charge in [-0.1, -0.05) is 23.7 Å². The smallest absolute Gasteiger partial charge is 0.337 e. The molecular weight excluding hydrogens is 368 g/mol. The van der Waals surface area contributed by atoms with E-state index in [0.29, 0.717) is 33.3 Å². The van der Waals surface area contributed by atoms with Gasteiger partial charge >= 0.3 is 12.0 Å². The molecule has 0 fully saturated rings. The summed E-state index contributed by atoms with van der Waals surface area (Å²) in [4.78, 5) is 26.8. The lowest BCUT2D eigenvalue weighted by Gasteiger charge is -2.35. The highest BCUT2D eigenvalue weighted by Gasteiger charge is 2.37. The van der Waals surface area contributed by atoms with Crippen molar-refractivity contribution in [2.45, 2.75) is 13.0 Å². The van der Waals surface area contributed by atoms with Crippen LogP contribution >= 0.6 is 11.6 Å². The van der Waals surface area contributed by atoms with Gasteiger partial charge in [0.2, 0.25) is 0 Å². The van der Waals surface area contributed by atoms with Crippen LogP contribution in [0.5, 0.6) is 5.75 Å². The van der Waals surface area contributed by atoms with Gasteiger partial charge in [-0.3, -0.25) is 4.90 Å². The third kappa shape index (κ3) is 3.61. The second-order valence-electron chi connectivity index (χ2n) is 5.96. The number of nitrogens with one attached hydrogen (secondary N) is 1. The number of halogens is 1. The molecule has 3 rings (SSSR count). The molecule has 2 aromatic rings. The van der Waals surface area contributed by atoms with Crippen LogP contribution in [0.2, 0.25) is 5.02 Å². The molecule has 6 nitrogen and oxygen atoms in total. The number of esters is 1. The molecule has 1 aliphatic rings. The van der Waals surface area contributed by atoms with Crippen molar-refractivity contribution in [2.24, 2.45) is 0 Å². The summed E-state index contributed by atoms with van der Waals surface area (Å²) in [7, 11) is 2.88. The van der Waals surface area contributed by atoms with Crippen molar-refractivity contribution in [1.29, 1.82) is 0 Å². The van der Waals surface area contributed by atoms with E-state index in [1.807, 2.05) is 0 Å². The lowest BCUT2D eigenvalue weighted by atomic mass is 9.94. The monoisotopic (exact) mass is 386 g/mol. The summed E-state index contributed by atoms with van der Waals surface area (Å²) in [5, 5.41) is 3.39. The fraction of sp³-hybridized carbons (Fsp3) is 0.200. The Hall–Kier alpha value is -2.99. The number of methoxy groups -OCH3 is 2. The molecule has 0 saturated carbocycles. The van der Waals surface area contributed by atoms with Crippen LogP contribution in [0.15, 0.2) is 59.8 Å². The van der Waals surface area contributed by atoms with E-state index in [0.717, 1.165) is 0 Å². The zero-order valence-corrected chi connectivity index (χ0v) is 15.9. The number of carbonyl (C=O) groups is 2. The number of hydrogen-bond acceptors (Lipinski definition) is 4. The Bertz CT molecular complexity index is 908. The van der Waals surface area contributed by atoms with E-state index < -0.39 is 12.0 Å². The Balaban J connectivity index is 2.11. The molecule has 0 saturated heterocycles. The molecule has 1 heterocycles. The third-order valence-electron chi connectivity index (χ3n) is 4.40. The van der Waals surface area contributed by atoms with Gasteiger partial charge in [0, 0.05) is 10.7 Å². The van der Waals surface area contributed by atoms with Crippen LogP contribution in [0.3, 0.4) is 0 Å². The number of allylic oxidation sites excluding steroid dienone is 1. The third-order valence-corrected chi connectivity index (χ3v) is 4.64. The van der Waals surface area contributed by atoms with Gasteiger partial charge in [0.05, 0.1) is 31.5 Å². The summed E-state index contributed by atoms with van der Waals surface area (Å²) in [6.07, 6.45) is 0. The van der Waals surface area contributed by atoms with Crippen LogP contribution in [-0.2, 0) is 9.53 Å². The highest BCUT2D eigenvalue weighted by molar-refractivity contribution is 6.30.